The Hall–Kier alpha value is -2.56. The molecule has 0 radical (unpaired) electrons. The van der Waals surface area contributed by atoms with Crippen LogP contribution < -0.4 is 0 Å². The molecule has 0 saturated heterocycles. The minimum Gasteiger partial charge on any atom is -0.462 e. The van der Waals surface area contributed by atoms with E-state index in [1.807, 2.05) is 0 Å². The van der Waals surface area contributed by atoms with Crippen LogP contribution in [0, 0.1) is 0 Å². The molecule has 0 unspecified atom stereocenters. The molecule has 0 amide bonds. The van der Waals surface area contributed by atoms with Crippen molar-refractivity contribution in [3.05, 3.63) is 47.7 Å². The van der Waals surface area contributed by atoms with E-state index in [2.05, 4.69) is 0 Å². The van der Waals surface area contributed by atoms with E-state index in [-0.39, 0.29) is 11.7 Å². The van der Waals surface area contributed by atoms with Gasteiger partial charge in [0.05, 0.1) is 18.8 Å². The van der Waals surface area contributed by atoms with Gasteiger partial charge in [0.15, 0.2) is 0 Å². The minimum absolute atomic E-state index is 0.154. The first-order valence-corrected chi connectivity index (χ1v) is 6.70. The molecule has 0 spiro atoms. The van der Waals surface area contributed by atoms with E-state index < -0.39 is 5.97 Å². The fourth-order valence-electron chi connectivity index (χ4n) is 1.79. The fraction of sp³-hybridized carbons (Fsp3) is 0.250. The number of rotatable bonds is 5. The standard InChI is InChI=1S/C16H16O5/c1-3-19-15(17)12-7-5-11(6-8-12)13-9-10-14(21-13)16(18)20-4-2/h5-10H,3-4H2,1-2H3. The lowest BCUT2D eigenvalue weighted by molar-refractivity contribution is 0.0489. The van der Waals surface area contributed by atoms with Gasteiger partial charge in [0.2, 0.25) is 5.76 Å². The summed E-state index contributed by atoms with van der Waals surface area (Å²) in [5.74, 6) is -0.169. The van der Waals surface area contributed by atoms with Crippen molar-refractivity contribution < 1.29 is 23.5 Å². The second-order valence-corrected chi connectivity index (χ2v) is 4.18. The molecular weight excluding hydrogens is 272 g/mol. The van der Waals surface area contributed by atoms with Crippen LogP contribution in [0.2, 0.25) is 0 Å². The molecule has 21 heavy (non-hydrogen) atoms. The van der Waals surface area contributed by atoms with Gasteiger partial charge in [-0.1, -0.05) is 12.1 Å². The molecule has 0 bridgehead atoms. The average molecular weight is 288 g/mol. The molecule has 5 heteroatoms. The SMILES string of the molecule is CCOC(=O)c1ccc(-c2ccc(C(=O)OCC)o2)cc1. The van der Waals surface area contributed by atoms with Crippen molar-refractivity contribution in [1.29, 1.82) is 0 Å². The van der Waals surface area contributed by atoms with Crippen molar-refractivity contribution >= 4 is 11.9 Å². The number of hydrogen-bond acceptors (Lipinski definition) is 5. The summed E-state index contributed by atoms with van der Waals surface area (Å²) in [6.07, 6.45) is 0. The molecule has 0 saturated carbocycles. The van der Waals surface area contributed by atoms with Gasteiger partial charge in [-0.05, 0) is 38.1 Å². The highest BCUT2D eigenvalue weighted by atomic mass is 16.5. The summed E-state index contributed by atoms with van der Waals surface area (Å²) >= 11 is 0. The lowest BCUT2D eigenvalue weighted by Crippen LogP contribution is -2.04. The first-order chi connectivity index (χ1) is 10.2. The predicted octanol–water partition coefficient (Wildman–Crippen LogP) is 3.30. The first kappa shape index (κ1) is 14.8. The number of furan rings is 1. The molecule has 2 rings (SSSR count). The summed E-state index contributed by atoms with van der Waals surface area (Å²) in [7, 11) is 0. The Balaban J connectivity index is 2.15. The zero-order valence-corrected chi connectivity index (χ0v) is 11.9. The van der Waals surface area contributed by atoms with Crippen LogP contribution in [0.1, 0.15) is 34.8 Å². The lowest BCUT2D eigenvalue weighted by Gasteiger charge is -2.02. The molecule has 1 aromatic carbocycles. The van der Waals surface area contributed by atoms with E-state index in [0.29, 0.717) is 24.5 Å². The summed E-state index contributed by atoms with van der Waals surface area (Å²) < 4.78 is 15.2. The van der Waals surface area contributed by atoms with Crippen molar-refractivity contribution in [2.24, 2.45) is 0 Å². The largest absolute Gasteiger partial charge is 0.462 e. The minimum atomic E-state index is -0.494. The first-order valence-electron chi connectivity index (χ1n) is 6.70. The third-order valence-electron chi connectivity index (χ3n) is 2.76. The molecule has 5 nitrogen and oxygen atoms in total. The van der Waals surface area contributed by atoms with E-state index >= 15 is 0 Å². The maximum Gasteiger partial charge on any atom is 0.374 e. The van der Waals surface area contributed by atoms with Gasteiger partial charge in [-0.3, -0.25) is 0 Å². The molecule has 0 aliphatic carbocycles. The zero-order chi connectivity index (χ0) is 15.2. The van der Waals surface area contributed by atoms with E-state index in [4.69, 9.17) is 13.9 Å². The van der Waals surface area contributed by atoms with Crippen LogP contribution in [-0.4, -0.2) is 25.2 Å². The van der Waals surface area contributed by atoms with Crippen LogP contribution in [0.4, 0.5) is 0 Å². The van der Waals surface area contributed by atoms with Crippen molar-refractivity contribution in [2.45, 2.75) is 13.8 Å². The number of carbonyl (C=O) groups excluding carboxylic acids is 2. The van der Waals surface area contributed by atoms with Crippen LogP contribution in [0.3, 0.4) is 0 Å². The Morgan fingerprint density at radius 1 is 0.905 bits per heavy atom. The van der Waals surface area contributed by atoms with Gasteiger partial charge in [-0.15, -0.1) is 0 Å². The topological polar surface area (TPSA) is 65.7 Å². The van der Waals surface area contributed by atoms with Crippen molar-refractivity contribution in [2.75, 3.05) is 13.2 Å². The fourth-order valence-corrected chi connectivity index (χ4v) is 1.79. The predicted molar refractivity (Wildman–Crippen MR) is 76.1 cm³/mol. The summed E-state index contributed by atoms with van der Waals surface area (Å²) in [5.41, 5.74) is 1.23. The van der Waals surface area contributed by atoms with Crippen molar-refractivity contribution in [3.8, 4) is 11.3 Å². The molecule has 110 valence electrons. The van der Waals surface area contributed by atoms with Crippen LogP contribution in [0.15, 0.2) is 40.8 Å². The van der Waals surface area contributed by atoms with Gasteiger partial charge >= 0.3 is 11.9 Å². The second kappa shape index (κ2) is 6.74. The van der Waals surface area contributed by atoms with E-state index in [0.717, 1.165) is 5.56 Å². The molecule has 1 heterocycles. The Bertz CT molecular complexity index is 624. The van der Waals surface area contributed by atoms with E-state index in [1.54, 1.807) is 50.2 Å². The van der Waals surface area contributed by atoms with Crippen molar-refractivity contribution in [1.82, 2.24) is 0 Å². The van der Waals surface area contributed by atoms with Crippen LogP contribution >= 0.6 is 0 Å². The summed E-state index contributed by atoms with van der Waals surface area (Å²) in [5, 5.41) is 0. The van der Waals surface area contributed by atoms with Gasteiger partial charge in [0.1, 0.15) is 5.76 Å². The average Bonchev–Trinajstić information content (AvgIpc) is 2.98. The van der Waals surface area contributed by atoms with Crippen LogP contribution in [0.25, 0.3) is 11.3 Å². The normalized spacial score (nSPS) is 10.2. The van der Waals surface area contributed by atoms with Crippen molar-refractivity contribution in [3.63, 3.8) is 0 Å². The molecule has 0 aliphatic heterocycles. The van der Waals surface area contributed by atoms with Gasteiger partial charge in [0, 0.05) is 5.56 Å². The van der Waals surface area contributed by atoms with Gasteiger partial charge in [-0.2, -0.15) is 0 Å². The molecular formula is C16H16O5. The van der Waals surface area contributed by atoms with Gasteiger partial charge < -0.3 is 13.9 Å². The molecule has 0 fully saturated rings. The van der Waals surface area contributed by atoms with Crippen LogP contribution in [-0.2, 0) is 9.47 Å². The molecule has 0 aliphatic rings. The Labute approximate surface area is 122 Å². The van der Waals surface area contributed by atoms with Gasteiger partial charge in [-0.25, -0.2) is 9.59 Å². The number of esters is 2. The second-order valence-electron chi connectivity index (χ2n) is 4.18. The van der Waals surface area contributed by atoms with E-state index in [1.165, 1.54) is 0 Å². The third kappa shape index (κ3) is 3.51. The maximum atomic E-state index is 11.6. The number of carbonyl (C=O) groups is 2. The zero-order valence-electron chi connectivity index (χ0n) is 11.9. The smallest absolute Gasteiger partial charge is 0.374 e. The highest BCUT2D eigenvalue weighted by Gasteiger charge is 2.13. The molecule has 2 aromatic rings. The van der Waals surface area contributed by atoms with E-state index in [9.17, 15) is 9.59 Å². The molecule has 1 aromatic heterocycles. The third-order valence-corrected chi connectivity index (χ3v) is 2.76. The lowest BCUT2D eigenvalue weighted by atomic mass is 10.1. The van der Waals surface area contributed by atoms with Gasteiger partial charge in [0.25, 0.3) is 0 Å². The quantitative estimate of drug-likeness (QED) is 0.790. The Morgan fingerprint density at radius 3 is 2.14 bits per heavy atom. The van der Waals surface area contributed by atoms with Crippen LogP contribution in [0.5, 0.6) is 0 Å². The maximum absolute atomic E-state index is 11.6. The number of hydrogen-bond donors (Lipinski definition) is 0. The monoisotopic (exact) mass is 288 g/mol. The molecule has 0 N–H and O–H groups in total. The number of benzene rings is 1. The Kier molecular flexibility index (Phi) is 4.77. The number of ether oxygens (including phenoxy) is 2. The Morgan fingerprint density at radius 2 is 1.52 bits per heavy atom. The summed E-state index contributed by atoms with van der Waals surface area (Å²) in [6.45, 7) is 4.12. The molecule has 0 atom stereocenters. The highest BCUT2D eigenvalue weighted by molar-refractivity contribution is 5.90. The highest BCUT2D eigenvalue weighted by Crippen LogP contribution is 2.23. The summed E-state index contributed by atoms with van der Waals surface area (Å²) in [4.78, 5) is 23.1. The summed E-state index contributed by atoms with van der Waals surface area (Å²) in [6, 6.07) is 10.0.